The highest BCUT2D eigenvalue weighted by molar-refractivity contribution is 5.75. The summed E-state index contributed by atoms with van der Waals surface area (Å²) in [5, 5.41) is 2.61. The Bertz CT molecular complexity index is 612. The molecule has 1 amide bonds. The van der Waals surface area contributed by atoms with E-state index in [0.717, 1.165) is 12.0 Å². The number of nitrogen functional groups attached to an aromatic ring is 1. The molecule has 0 aliphatic carbocycles. The highest BCUT2D eigenvalue weighted by Crippen LogP contribution is 2.23. The Morgan fingerprint density at radius 2 is 1.86 bits per heavy atom. The molecular formula is C18H22N2O2. The molecular weight excluding hydrogens is 276 g/mol. The van der Waals surface area contributed by atoms with Gasteiger partial charge >= 0.3 is 0 Å². The molecule has 0 unspecified atom stereocenters. The summed E-state index contributed by atoms with van der Waals surface area (Å²) in [4.78, 5) is 11.2. The number of anilines is 1. The minimum absolute atomic E-state index is 0.0294. The molecule has 0 saturated carbocycles. The third-order valence-corrected chi connectivity index (χ3v) is 3.48. The summed E-state index contributed by atoms with van der Waals surface area (Å²) in [5.74, 6) is 0.724. The van der Waals surface area contributed by atoms with Gasteiger partial charge in [0.2, 0.25) is 5.91 Å². The van der Waals surface area contributed by atoms with E-state index in [0.29, 0.717) is 30.9 Å². The van der Waals surface area contributed by atoms with Crippen LogP contribution in [0.25, 0.3) is 0 Å². The molecule has 0 aliphatic heterocycles. The fraction of sp³-hybridized carbons (Fsp3) is 0.278. The molecule has 116 valence electrons. The van der Waals surface area contributed by atoms with Gasteiger partial charge in [0.05, 0.1) is 12.3 Å². The molecule has 0 aromatic heterocycles. The van der Waals surface area contributed by atoms with Gasteiger partial charge in [-0.15, -0.1) is 0 Å². The standard InChI is InChI=1S/C18H22N2O2/c1-20-18(21)10-8-15-7-9-17(16(19)13-15)22-12-11-14-5-3-2-4-6-14/h2-7,9,13H,8,10-12,19H2,1H3,(H,20,21). The predicted molar refractivity (Wildman–Crippen MR) is 88.9 cm³/mol. The van der Waals surface area contributed by atoms with Crippen LogP contribution in [0.1, 0.15) is 17.5 Å². The molecule has 2 aromatic rings. The number of hydrogen-bond acceptors (Lipinski definition) is 3. The smallest absolute Gasteiger partial charge is 0.220 e. The lowest BCUT2D eigenvalue weighted by molar-refractivity contribution is -0.120. The molecule has 22 heavy (non-hydrogen) atoms. The van der Waals surface area contributed by atoms with Gasteiger partial charge in [0.25, 0.3) is 0 Å². The van der Waals surface area contributed by atoms with Gasteiger partial charge in [0.1, 0.15) is 5.75 Å². The van der Waals surface area contributed by atoms with Crippen LogP contribution in [0.4, 0.5) is 5.69 Å². The average Bonchev–Trinajstić information content (AvgIpc) is 2.55. The summed E-state index contributed by atoms with van der Waals surface area (Å²) < 4.78 is 5.74. The molecule has 0 bridgehead atoms. The third-order valence-electron chi connectivity index (χ3n) is 3.48. The van der Waals surface area contributed by atoms with Gasteiger partial charge in [-0.3, -0.25) is 4.79 Å². The van der Waals surface area contributed by atoms with Crippen molar-refractivity contribution in [3.63, 3.8) is 0 Å². The predicted octanol–water partition coefficient (Wildman–Crippen LogP) is 2.57. The highest BCUT2D eigenvalue weighted by atomic mass is 16.5. The first-order chi connectivity index (χ1) is 10.7. The molecule has 3 N–H and O–H groups in total. The SMILES string of the molecule is CNC(=O)CCc1ccc(OCCc2ccccc2)c(N)c1. The molecule has 0 heterocycles. The minimum Gasteiger partial charge on any atom is -0.491 e. The van der Waals surface area contributed by atoms with Crippen LogP contribution in [0.2, 0.25) is 0 Å². The van der Waals surface area contributed by atoms with E-state index < -0.39 is 0 Å². The number of amides is 1. The van der Waals surface area contributed by atoms with E-state index in [1.54, 1.807) is 7.05 Å². The summed E-state index contributed by atoms with van der Waals surface area (Å²) in [6, 6.07) is 15.9. The molecule has 2 rings (SSSR count). The number of ether oxygens (including phenoxy) is 1. The number of nitrogens with one attached hydrogen (secondary N) is 1. The number of aryl methyl sites for hydroxylation is 1. The van der Waals surface area contributed by atoms with Gasteiger partial charge in [-0.2, -0.15) is 0 Å². The molecule has 0 aliphatic rings. The number of carbonyl (C=O) groups is 1. The lowest BCUT2D eigenvalue weighted by atomic mass is 10.1. The van der Waals surface area contributed by atoms with Crippen molar-refractivity contribution >= 4 is 11.6 Å². The van der Waals surface area contributed by atoms with Crippen molar-refractivity contribution in [3.05, 3.63) is 59.7 Å². The van der Waals surface area contributed by atoms with Crippen molar-refractivity contribution in [2.45, 2.75) is 19.3 Å². The van der Waals surface area contributed by atoms with Gasteiger partial charge in [0, 0.05) is 19.9 Å². The zero-order valence-corrected chi connectivity index (χ0v) is 12.8. The Hall–Kier alpha value is -2.49. The van der Waals surface area contributed by atoms with E-state index >= 15 is 0 Å². The number of benzene rings is 2. The first kappa shape index (κ1) is 15.9. The first-order valence-corrected chi connectivity index (χ1v) is 7.44. The summed E-state index contributed by atoms with van der Waals surface area (Å²) in [6.07, 6.45) is 1.98. The van der Waals surface area contributed by atoms with Crippen LogP contribution in [0.5, 0.6) is 5.75 Å². The van der Waals surface area contributed by atoms with Gasteiger partial charge < -0.3 is 15.8 Å². The third kappa shape index (κ3) is 4.81. The van der Waals surface area contributed by atoms with Crippen molar-refractivity contribution < 1.29 is 9.53 Å². The van der Waals surface area contributed by atoms with E-state index in [1.807, 2.05) is 36.4 Å². The van der Waals surface area contributed by atoms with Crippen LogP contribution in [0, 0.1) is 0 Å². The Morgan fingerprint density at radius 3 is 2.55 bits per heavy atom. The van der Waals surface area contributed by atoms with Crippen LogP contribution in [0.3, 0.4) is 0 Å². The monoisotopic (exact) mass is 298 g/mol. The quantitative estimate of drug-likeness (QED) is 0.772. The van der Waals surface area contributed by atoms with Gasteiger partial charge in [-0.05, 0) is 29.7 Å². The Morgan fingerprint density at radius 1 is 1.09 bits per heavy atom. The zero-order valence-electron chi connectivity index (χ0n) is 12.8. The number of nitrogens with two attached hydrogens (primary N) is 1. The van der Waals surface area contributed by atoms with Crippen LogP contribution in [-0.2, 0) is 17.6 Å². The summed E-state index contributed by atoms with van der Waals surface area (Å²) in [6.45, 7) is 0.589. The number of hydrogen-bond donors (Lipinski definition) is 2. The Labute approximate surface area is 131 Å². The second kappa shape index (κ2) is 8.08. The normalized spacial score (nSPS) is 10.2. The molecule has 0 saturated heterocycles. The van der Waals surface area contributed by atoms with Crippen molar-refractivity contribution in [3.8, 4) is 5.75 Å². The largest absolute Gasteiger partial charge is 0.491 e. The molecule has 0 radical (unpaired) electrons. The minimum atomic E-state index is 0.0294. The molecule has 0 atom stereocenters. The molecule has 2 aromatic carbocycles. The van der Waals surface area contributed by atoms with Crippen molar-refractivity contribution in [1.29, 1.82) is 0 Å². The number of carbonyl (C=O) groups excluding carboxylic acids is 1. The van der Waals surface area contributed by atoms with Crippen LogP contribution >= 0.6 is 0 Å². The molecule has 4 nitrogen and oxygen atoms in total. The number of rotatable bonds is 7. The Kier molecular flexibility index (Phi) is 5.83. The zero-order chi connectivity index (χ0) is 15.8. The summed E-state index contributed by atoms with van der Waals surface area (Å²) in [5.41, 5.74) is 8.91. The average molecular weight is 298 g/mol. The van der Waals surface area contributed by atoms with Crippen molar-refractivity contribution in [1.82, 2.24) is 5.32 Å². The van der Waals surface area contributed by atoms with Crippen molar-refractivity contribution in [2.24, 2.45) is 0 Å². The van der Waals surface area contributed by atoms with Gasteiger partial charge in [0.15, 0.2) is 0 Å². The maximum Gasteiger partial charge on any atom is 0.220 e. The van der Waals surface area contributed by atoms with E-state index in [2.05, 4.69) is 17.4 Å². The van der Waals surface area contributed by atoms with E-state index in [4.69, 9.17) is 10.5 Å². The first-order valence-electron chi connectivity index (χ1n) is 7.44. The maximum atomic E-state index is 11.2. The lowest BCUT2D eigenvalue weighted by Gasteiger charge is -2.10. The van der Waals surface area contributed by atoms with Crippen molar-refractivity contribution in [2.75, 3.05) is 19.4 Å². The van der Waals surface area contributed by atoms with E-state index in [9.17, 15) is 4.79 Å². The summed E-state index contributed by atoms with van der Waals surface area (Å²) in [7, 11) is 1.64. The second-order valence-corrected chi connectivity index (χ2v) is 5.13. The van der Waals surface area contributed by atoms with E-state index in [-0.39, 0.29) is 5.91 Å². The Balaban J connectivity index is 1.85. The topological polar surface area (TPSA) is 64.3 Å². The maximum absolute atomic E-state index is 11.2. The summed E-state index contributed by atoms with van der Waals surface area (Å²) >= 11 is 0. The fourth-order valence-electron chi connectivity index (χ4n) is 2.19. The molecule has 4 heteroatoms. The highest BCUT2D eigenvalue weighted by Gasteiger charge is 2.04. The van der Waals surface area contributed by atoms with Gasteiger partial charge in [-0.25, -0.2) is 0 Å². The van der Waals surface area contributed by atoms with Gasteiger partial charge in [-0.1, -0.05) is 36.4 Å². The second-order valence-electron chi connectivity index (χ2n) is 5.13. The van der Waals surface area contributed by atoms with Crippen LogP contribution in [-0.4, -0.2) is 19.6 Å². The van der Waals surface area contributed by atoms with Crippen LogP contribution in [0.15, 0.2) is 48.5 Å². The fourth-order valence-corrected chi connectivity index (χ4v) is 2.19. The molecule has 0 spiro atoms. The lowest BCUT2D eigenvalue weighted by Crippen LogP contribution is -2.17. The molecule has 0 fully saturated rings. The van der Waals surface area contributed by atoms with E-state index in [1.165, 1.54) is 5.56 Å². The van der Waals surface area contributed by atoms with Crippen LogP contribution < -0.4 is 15.8 Å².